The monoisotopic (exact) mass is 437 g/mol. The van der Waals surface area contributed by atoms with Crippen LogP contribution < -0.4 is 4.90 Å². The predicted octanol–water partition coefficient (Wildman–Crippen LogP) is 2.17. The van der Waals surface area contributed by atoms with Gasteiger partial charge >= 0.3 is 6.03 Å². The van der Waals surface area contributed by atoms with Crippen LogP contribution in [0.25, 0.3) is 0 Å². The van der Waals surface area contributed by atoms with Gasteiger partial charge in [0.15, 0.2) is 0 Å². The number of nitro benzene ring substituents is 1. The Morgan fingerprint density at radius 1 is 1.09 bits per heavy atom. The molecule has 0 saturated carbocycles. The Hall–Kier alpha value is -3.82. The summed E-state index contributed by atoms with van der Waals surface area (Å²) >= 11 is 0. The number of carbonyl (C=O) groups is 3. The topological polar surface area (TPSA) is 116 Å². The standard InChI is InChI=1S/C22H23N5O5/c28-20(6-3-11-26-21(29)18-4-1-2-5-19(18)23-22(26)30)25-14-12-24(13-15-25)16-7-9-17(10-8-16)27(31)32/h1-2,4-5,7-10,18H,3,6,11-15H2. The van der Waals surface area contributed by atoms with Gasteiger partial charge in [-0.25, -0.2) is 4.79 Å². The maximum Gasteiger partial charge on any atom is 0.350 e. The molecule has 1 atom stereocenters. The highest BCUT2D eigenvalue weighted by Gasteiger charge is 2.35. The Kier molecular flexibility index (Phi) is 6.11. The molecule has 10 heteroatoms. The van der Waals surface area contributed by atoms with Gasteiger partial charge in [0, 0.05) is 57.0 Å². The van der Waals surface area contributed by atoms with E-state index in [1.54, 1.807) is 41.3 Å². The van der Waals surface area contributed by atoms with Gasteiger partial charge in [0.25, 0.3) is 5.69 Å². The Morgan fingerprint density at radius 3 is 2.50 bits per heavy atom. The molecule has 1 aromatic rings. The molecule has 0 spiro atoms. The lowest BCUT2D eigenvalue weighted by Crippen LogP contribution is -2.49. The van der Waals surface area contributed by atoms with Crippen molar-refractivity contribution < 1.29 is 19.3 Å². The first-order chi connectivity index (χ1) is 15.4. The maximum atomic E-state index is 12.6. The number of nitro groups is 1. The fourth-order valence-corrected chi connectivity index (χ4v) is 4.03. The number of rotatable bonds is 6. The Morgan fingerprint density at radius 2 is 1.81 bits per heavy atom. The van der Waals surface area contributed by atoms with Gasteiger partial charge in [0.1, 0.15) is 0 Å². The normalized spacial score (nSPS) is 20.3. The molecule has 166 valence electrons. The number of imide groups is 1. The van der Waals surface area contributed by atoms with E-state index in [9.17, 15) is 24.5 Å². The van der Waals surface area contributed by atoms with Crippen molar-refractivity contribution >= 4 is 34.9 Å². The van der Waals surface area contributed by atoms with Crippen LogP contribution in [-0.4, -0.2) is 71.0 Å². The first-order valence-electron chi connectivity index (χ1n) is 10.5. The van der Waals surface area contributed by atoms with E-state index in [0.717, 1.165) is 10.6 Å². The van der Waals surface area contributed by atoms with Crippen molar-refractivity contribution in [2.75, 3.05) is 37.6 Å². The summed E-state index contributed by atoms with van der Waals surface area (Å²) in [5, 5.41) is 10.8. The van der Waals surface area contributed by atoms with Crippen LogP contribution in [0.1, 0.15) is 12.8 Å². The molecule has 1 saturated heterocycles. The van der Waals surface area contributed by atoms with Crippen LogP contribution in [0, 0.1) is 16.0 Å². The zero-order valence-corrected chi connectivity index (χ0v) is 17.4. The van der Waals surface area contributed by atoms with Crippen LogP contribution in [0.2, 0.25) is 0 Å². The number of fused-ring (bicyclic) bond motifs is 1. The fraction of sp³-hybridized carbons (Fsp3) is 0.364. The number of nitrogens with zero attached hydrogens (tertiary/aromatic N) is 5. The largest absolute Gasteiger partial charge is 0.368 e. The molecular weight excluding hydrogens is 414 g/mol. The number of urea groups is 1. The number of amides is 4. The first-order valence-corrected chi connectivity index (χ1v) is 10.5. The molecule has 4 rings (SSSR count). The van der Waals surface area contributed by atoms with Gasteiger partial charge in [-0.2, -0.15) is 4.99 Å². The highest BCUT2D eigenvalue weighted by molar-refractivity contribution is 6.21. The molecule has 0 aromatic heterocycles. The van der Waals surface area contributed by atoms with Crippen molar-refractivity contribution in [3.8, 4) is 0 Å². The molecule has 4 amide bonds. The third kappa shape index (κ3) is 4.43. The molecule has 3 aliphatic rings. The second kappa shape index (κ2) is 9.13. The number of carbonyl (C=O) groups excluding carboxylic acids is 3. The van der Waals surface area contributed by atoms with Crippen LogP contribution in [0.5, 0.6) is 0 Å². The van der Waals surface area contributed by atoms with Crippen LogP contribution in [0.15, 0.2) is 53.6 Å². The summed E-state index contributed by atoms with van der Waals surface area (Å²) in [6.07, 6.45) is 7.51. The quantitative estimate of drug-likeness (QED) is 0.497. The summed E-state index contributed by atoms with van der Waals surface area (Å²) in [4.78, 5) is 56.7. The highest BCUT2D eigenvalue weighted by Crippen LogP contribution is 2.22. The number of non-ortho nitro benzene ring substituents is 1. The third-order valence-electron chi connectivity index (χ3n) is 5.82. The molecule has 32 heavy (non-hydrogen) atoms. The van der Waals surface area contributed by atoms with Gasteiger partial charge in [0.2, 0.25) is 11.8 Å². The Balaban J connectivity index is 1.24. The van der Waals surface area contributed by atoms with E-state index < -0.39 is 16.9 Å². The zero-order valence-electron chi connectivity index (χ0n) is 17.4. The number of hydrogen-bond donors (Lipinski definition) is 0. The van der Waals surface area contributed by atoms with E-state index >= 15 is 0 Å². The molecule has 2 aliphatic heterocycles. The summed E-state index contributed by atoms with van der Waals surface area (Å²) < 4.78 is 0. The highest BCUT2D eigenvalue weighted by atomic mass is 16.6. The molecule has 0 N–H and O–H groups in total. The molecule has 1 fully saturated rings. The lowest BCUT2D eigenvalue weighted by Gasteiger charge is -2.36. The fourth-order valence-electron chi connectivity index (χ4n) is 4.03. The number of allylic oxidation sites excluding steroid dienone is 3. The minimum atomic E-state index is -0.578. The van der Waals surface area contributed by atoms with Crippen molar-refractivity contribution in [3.05, 3.63) is 58.7 Å². The lowest BCUT2D eigenvalue weighted by molar-refractivity contribution is -0.384. The van der Waals surface area contributed by atoms with Gasteiger partial charge in [-0.1, -0.05) is 18.2 Å². The summed E-state index contributed by atoms with van der Waals surface area (Å²) in [5.74, 6) is -0.847. The average Bonchev–Trinajstić information content (AvgIpc) is 2.81. The first kappa shape index (κ1) is 21.4. The van der Waals surface area contributed by atoms with Crippen molar-refractivity contribution in [1.29, 1.82) is 0 Å². The second-order valence-corrected chi connectivity index (χ2v) is 7.78. The molecule has 0 bridgehead atoms. The van der Waals surface area contributed by atoms with Crippen molar-refractivity contribution in [1.82, 2.24) is 9.80 Å². The van der Waals surface area contributed by atoms with Crippen LogP contribution in [0.3, 0.4) is 0 Å². The van der Waals surface area contributed by atoms with Crippen molar-refractivity contribution in [2.45, 2.75) is 12.8 Å². The molecule has 10 nitrogen and oxygen atoms in total. The van der Waals surface area contributed by atoms with Gasteiger partial charge in [-0.3, -0.25) is 24.6 Å². The van der Waals surface area contributed by atoms with Gasteiger partial charge < -0.3 is 9.80 Å². The van der Waals surface area contributed by atoms with Gasteiger partial charge in [-0.05, 0) is 24.6 Å². The number of hydrogen-bond acceptors (Lipinski definition) is 6. The molecule has 0 radical (unpaired) electrons. The lowest BCUT2D eigenvalue weighted by atomic mass is 9.95. The summed E-state index contributed by atoms with van der Waals surface area (Å²) in [5.41, 5.74) is 1.39. The minimum Gasteiger partial charge on any atom is -0.368 e. The number of anilines is 1. The number of piperazine rings is 1. The summed E-state index contributed by atoms with van der Waals surface area (Å²) in [7, 11) is 0. The SMILES string of the molecule is O=C(CCCN1C(=O)N=C2C=CC=CC2C1=O)N1CCN(c2ccc([N+](=O)[O-])cc2)CC1. The molecular formula is C22H23N5O5. The second-order valence-electron chi connectivity index (χ2n) is 7.78. The van der Waals surface area contributed by atoms with E-state index in [1.165, 1.54) is 12.1 Å². The van der Waals surface area contributed by atoms with Crippen molar-refractivity contribution in [3.63, 3.8) is 0 Å². The third-order valence-corrected chi connectivity index (χ3v) is 5.82. The summed E-state index contributed by atoms with van der Waals surface area (Å²) in [6.45, 7) is 2.52. The average molecular weight is 437 g/mol. The van der Waals surface area contributed by atoms with Crippen LogP contribution in [-0.2, 0) is 9.59 Å². The number of aliphatic imine (C=N–C) groups is 1. The van der Waals surface area contributed by atoms with E-state index in [0.29, 0.717) is 38.3 Å². The van der Waals surface area contributed by atoms with E-state index in [4.69, 9.17) is 0 Å². The van der Waals surface area contributed by atoms with E-state index in [2.05, 4.69) is 9.89 Å². The van der Waals surface area contributed by atoms with E-state index in [1.807, 2.05) is 0 Å². The van der Waals surface area contributed by atoms with Crippen molar-refractivity contribution in [2.24, 2.45) is 10.9 Å². The maximum absolute atomic E-state index is 12.6. The predicted molar refractivity (Wildman–Crippen MR) is 117 cm³/mol. The smallest absolute Gasteiger partial charge is 0.350 e. The van der Waals surface area contributed by atoms with Crippen LogP contribution in [0.4, 0.5) is 16.2 Å². The van der Waals surface area contributed by atoms with Crippen LogP contribution >= 0.6 is 0 Å². The molecule has 1 aromatic carbocycles. The Bertz CT molecular complexity index is 1020. The Labute approximate surface area is 184 Å². The molecule has 2 heterocycles. The number of benzene rings is 1. The van der Waals surface area contributed by atoms with E-state index in [-0.39, 0.29) is 30.5 Å². The van der Waals surface area contributed by atoms with Gasteiger partial charge in [-0.15, -0.1) is 0 Å². The molecule has 1 aliphatic carbocycles. The van der Waals surface area contributed by atoms with Gasteiger partial charge in [0.05, 0.1) is 16.6 Å². The minimum absolute atomic E-state index is 0.0186. The summed E-state index contributed by atoms with van der Waals surface area (Å²) in [6, 6.07) is 5.80. The molecule has 1 unspecified atom stereocenters. The zero-order chi connectivity index (χ0) is 22.7.